The van der Waals surface area contributed by atoms with Crippen LogP contribution < -0.4 is 0 Å². The quantitative estimate of drug-likeness (QED) is 0.430. The third-order valence-electron chi connectivity index (χ3n) is 2.45. The molecule has 0 radical (unpaired) electrons. The van der Waals surface area contributed by atoms with E-state index in [1.165, 1.54) is 0 Å². The Morgan fingerprint density at radius 3 is 1.92 bits per heavy atom. The molecule has 12 heavy (non-hydrogen) atoms. The Labute approximate surface area is 76.4 Å². The number of allylic oxidation sites excluding steroid dienone is 2. The molecule has 2 atom stereocenters. The minimum Gasteiger partial charge on any atom is -0.120 e. The summed E-state index contributed by atoms with van der Waals surface area (Å²) in [6.07, 6.45) is 10.0. The second-order valence-corrected chi connectivity index (χ2v) is 3.26. The number of terminal acetylenes is 1. The zero-order valence-electron chi connectivity index (χ0n) is 8.09. The van der Waals surface area contributed by atoms with Crippen molar-refractivity contribution in [2.24, 2.45) is 17.8 Å². The van der Waals surface area contributed by atoms with E-state index in [9.17, 15) is 0 Å². The Balaban J connectivity index is 4.31. The normalized spacial score (nSPS) is 14.8. The molecule has 0 aliphatic heterocycles. The Morgan fingerprint density at radius 1 is 1.25 bits per heavy atom. The van der Waals surface area contributed by atoms with Gasteiger partial charge in [0.2, 0.25) is 0 Å². The maximum absolute atomic E-state index is 5.30. The fourth-order valence-corrected chi connectivity index (χ4v) is 1.34. The van der Waals surface area contributed by atoms with Crippen molar-refractivity contribution in [2.75, 3.05) is 0 Å². The Kier molecular flexibility index (Phi) is 5.21. The molecule has 0 aliphatic rings. The van der Waals surface area contributed by atoms with Gasteiger partial charge in [-0.25, -0.2) is 0 Å². The van der Waals surface area contributed by atoms with E-state index in [2.05, 4.69) is 32.9 Å². The van der Waals surface area contributed by atoms with Crippen molar-refractivity contribution in [2.45, 2.75) is 20.3 Å². The molecule has 0 heteroatoms. The molecule has 0 spiro atoms. The lowest BCUT2D eigenvalue weighted by Gasteiger charge is -2.23. The number of hydrogen-bond acceptors (Lipinski definition) is 0. The van der Waals surface area contributed by atoms with E-state index in [1.54, 1.807) is 0 Å². The van der Waals surface area contributed by atoms with Crippen molar-refractivity contribution in [3.8, 4) is 12.3 Å². The topological polar surface area (TPSA) is 0 Å². The van der Waals surface area contributed by atoms with E-state index in [0.29, 0.717) is 17.8 Å². The monoisotopic (exact) mass is 162 g/mol. The van der Waals surface area contributed by atoms with Crippen molar-refractivity contribution in [1.82, 2.24) is 0 Å². The van der Waals surface area contributed by atoms with Crippen LogP contribution in [0.4, 0.5) is 0 Å². The molecular formula is C12H18. The second-order valence-electron chi connectivity index (χ2n) is 3.26. The standard InChI is InChI=1S/C12H18/c1-6-9-12(10(4)7-2)11(5)8-3/h1,7-8,10-12H,2-3,9H2,4-5H3/t10-,11-/m0/s1. The summed E-state index contributed by atoms with van der Waals surface area (Å²) in [6.45, 7) is 11.9. The summed E-state index contributed by atoms with van der Waals surface area (Å²) in [5.74, 6) is 4.13. The third kappa shape index (κ3) is 2.96. The molecule has 0 nitrogen and oxygen atoms in total. The third-order valence-corrected chi connectivity index (χ3v) is 2.45. The summed E-state index contributed by atoms with van der Waals surface area (Å²) in [6, 6.07) is 0. The van der Waals surface area contributed by atoms with Gasteiger partial charge in [-0.1, -0.05) is 26.0 Å². The van der Waals surface area contributed by atoms with Crippen LogP contribution in [0.2, 0.25) is 0 Å². The van der Waals surface area contributed by atoms with E-state index in [4.69, 9.17) is 6.42 Å². The lowest BCUT2D eigenvalue weighted by atomic mass is 9.81. The predicted octanol–water partition coefficient (Wildman–Crippen LogP) is 3.27. The smallest absolute Gasteiger partial charge is 0.0125 e. The van der Waals surface area contributed by atoms with Gasteiger partial charge < -0.3 is 0 Å². The molecule has 0 saturated carbocycles. The van der Waals surface area contributed by atoms with E-state index in [1.807, 2.05) is 12.2 Å². The molecule has 0 N–H and O–H groups in total. The van der Waals surface area contributed by atoms with Crippen LogP contribution in [0.5, 0.6) is 0 Å². The highest BCUT2D eigenvalue weighted by Gasteiger charge is 2.18. The first-order valence-electron chi connectivity index (χ1n) is 4.36. The molecular weight excluding hydrogens is 144 g/mol. The minimum absolute atomic E-state index is 0.467. The van der Waals surface area contributed by atoms with Gasteiger partial charge in [0.1, 0.15) is 0 Å². The SMILES string of the molecule is C#CCC([C@@H](C)C=C)[C@@H](C)C=C. The predicted molar refractivity (Wildman–Crippen MR) is 55.7 cm³/mol. The molecule has 0 heterocycles. The van der Waals surface area contributed by atoms with E-state index in [0.717, 1.165) is 6.42 Å². The van der Waals surface area contributed by atoms with E-state index in [-0.39, 0.29) is 0 Å². The molecule has 0 aromatic heterocycles. The summed E-state index contributed by atoms with van der Waals surface area (Å²) in [4.78, 5) is 0. The zero-order valence-corrected chi connectivity index (χ0v) is 8.09. The molecule has 0 aromatic carbocycles. The average molecular weight is 162 g/mol. The zero-order chi connectivity index (χ0) is 9.56. The van der Waals surface area contributed by atoms with Crippen LogP contribution in [0.25, 0.3) is 0 Å². The van der Waals surface area contributed by atoms with Crippen LogP contribution in [0.1, 0.15) is 20.3 Å². The fourth-order valence-electron chi connectivity index (χ4n) is 1.34. The van der Waals surface area contributed by atoms with Crippen molar-refractivity contribution in [3.05, 3.63) is 25.3 Å². The lowest BCUT2D eigenvalue weighted by Crippen LogP contribution is -2.16. The lowest BCUT2D eigenvalue weighted by molar-refractivity contribution is 0.348. The van der Waals surface area contributed by atoms with Crippen LogP contribution >= 0.6 is 0 Å². The summed E-state index contributed by atoms with van der Waals surface area (Å²) >= 11 is 0. The molecule has 0 bridgehead atoms. The molecule has 0 amide bonds. The molecule has 0 saturated heterocycles. The van der Waals surface area contributed by atoms with Gasteiger partial charge in [0.25, 0.3) is 0 Å². The van der Waals surface area contributed by atoms with Crippen LogP contribution in [0.3, 0.4) is 0 Å². The first-order chi connectivity index (χ1) is 5.67. The molecule has 0 aromatic rings. The van der Waals surface area contributed by atoms with Gasteiger partial charge in [-0.2, -0.15) is 0 Å². The van der Waals surface area contributed by atoms with Crippen molar-refractivity contribution >= 4 is 0 Å². The maximum Gasteiger partial charge on any atom is 0.0125 e. The van der Waals surface area contributed by atoms with Crippen molar-refractivity contribution in [1.29, 1.82) is 0 Å². The van der Waals surface area contributed by atoms with Crippen LogP contribution in [0, 0.1) is 30.1 Å². The summed E-state index contributed by atoms with van der Waals surface area (Å²) < 4.78 is 0. The fraction of sp³-hybridized carbons (Fsp3) is 0.500. The molecule has 0 aliphatic carbocycles. The van der Waals surface area contributed by atoms with Gasteiger partial charge in [-0.05, 0) is 17.8 Å². The Bertz CT molecular complexity index is 169. The minimum atomic E-state index is 0.467. The summed E-state index contributed by atoms with van der Waals surface area (Å²) in [5.41, 5.74) is 0. The molecule has 66 valence electrons. The van der Waals surface area contributed by atoms with Crippen LogP contribution in [0.15, 0.2) is 25.3 Å². The highest BCUT2D eigenvalue weighted by molar-refractivity contribution is 4.97. The second kappa shape index (κ2) is 5.66. The van der Waals surface area contributed by atoms with Gasteiger partial charge in [0.15, 0.2) is 0 Å². The molecule has 0 fully saturated rings. The number of hydrogen-bond donors (Lipinski definition) is 0. The van der Waals surface area contributed by atoms with Gasteiger partial charge in [0.05, 0.1) is 0 Å². The Morgan fingerprint density at radius 2 is 1.67 bits per heavy atom. The first kappa shape index (κ1) is 11.0. The van der Waals surface area contributed by atoms with Crippen LogP contribution in [-0.4, -0.2) is 0 Å². The highest BCUT2D eigenvalue weighted by atomic mass is 14.2. The molecule has 0 rings (SSSR count). The van der Waals surface area contributed by atoms with Gasteiger partial charge in [-0.3, -0.25) is 0 Å². The first-order valence-corrected chi connectivity index (χ1v) is 4.36. The number of rotatable bonds is 5. The Hall–Kier alpha value is -0.960. The maximum atomic E-state index is 5.30. The largest absolute Gasteiger partial charge is 0.120 e. The molecule has 0 unspecified atom stereocenters. The van der Waals surface area contributed by atoms with E-state index < -0.39 is 0 Å². The summed E-state index contributed by atoms with van der Waals surface area (Å²) in [5, 5.41) is 0. The van der Waals surface area contributed by atoms with Crippen LogP contribution in [-0.2, 0) is 0 Å². The summed E-state index contributed by atoms with van der Waals surface area (Å²) in [7, 11) is 0. The average Bonchev–Trinajstić information content (AvgIpc) is 2.11. The highest BCUT2D eigenvalue weighted by Crippen LogP contribution is 2.25. The van der Waals surface area contributed by atoms with Gasteiger partial charge in [-0.15, -0.1) is 25.5 Å². The van der Waals surface area contributed by atoms with Crippen molar-refractivity contribution in [3.63, 3.8) is 0 Å². The van der Waals surface area contributed by atoms with Gasteiger partial charge in [0, 0.05) is 6.42 Å². The van der Waals surface area contributed by atoms with E-state index >= 15 is 0 Å². The van der Waals surface area contributed by atoms with Crippen molar-refractivity contribution < 1.29 is 0 Å². The van der Waals surface area contributed by atoms with Gasteiger partial charge >= 0.3 is 0 Å².